The Morgan fingerprint density at radius 3 is 2.67 bits per heavy atom. The molecule has 0 saturated heterocycles. The number of benzene rings is 1. The molecule has 0 spiro atoms. The second-order valence-electron chi connectivity index (χ2n) is 8.66. The molecule has 2 aromatic rings. The van der Waals surface area contributed by atoms with Crippen LogP contribution in [0.1, 0.15) is 48.2 Å². The Kier molecular flexibility index (Phi) is 4.50. The SMILES string of the molecule is NC(=O)N1CCn2nc(-c3ccc(F)c(Cl)c3)c(C(=O)NC34CCC(CC3)C4)c2C1. The van der Waals surface area contributed by atoms with Gasteiger partial charge in [-0.2, -0.15) is 5.10 Å². The minimum atomic E-state index is -0.534. The van der Waals surface area contributed by atoms with Crippen molar-refractivity contribution in [3.05, 3.63) is 40.3 Å². The Labute approximate surface area is 178 Å². The molecule has 0 radical (unpaired) electrons. The van der Waals surface area contributed by atoms with Crippen LogP contribution in [0.3, 0.4) is 0 Å². The number of nitrogens with zero attached hydrogens (tertiary/aromatic N) is 3. The van der Waals surface area contributed by atoms with Gasteiger partial charge in [0.2, 0.25) is 0 Å². The molecular formula is C21H23ClFN5O2. The lowest BCUT2D eigenvalue weighted by molar-refractivity contribution is 0.0898. The number of halogens is 2. The summed E-state index contributed by atoms with van der Waals surface area (Å²) in [6, 6.07) is 3.78. The molecule has 1 aromatic heterocycles. The maximum atomic E-state index is 13.7. The summed E-state index contributed by atoms with van der Waals surface area (Å²) >= 11 is 6.00. The molecule has 7 nitrogen and oxygen atoms in total. The number of aromatic nitrogens is 2. The van der Waals surface area contributed by atoms with Gasteiger partial charge in [-0.05, 0) is 56.2 Å². The van der Waals surface area contributed by atoms with Crippen LogP contribution in [0.4, 0.5) is 9.18 Å². The summed E-state index contributed by atoms with van der Waals surface area (Å²) in [5.74, 6) is -0.0511. The summed E-state index contributed by atoms with van der Waals surface area (Å²) in [4.78, 5) is 26.8. The Morgan fingerprint density at radius 2 is 2.03 bits per heavy atom. The van der Waals surface area contributed by atoms with E-state index in [0.717, 1.165) is 32.1 Å². The monoisotopic (exact) mass is 431 g/mol. The summed E-state index contributed by atoms with van der Waals surface area (Å²) in [5, 5.41) is 7.89. The number of nitrogens with one attached hydrogen (secondary N) is 1. The number of amides is 3. The molecule has 30 heavy (non-hydrogen) atoms. The zero-order valence-electron chi connectivity index (χ0n) is 16.5. The summed E-state index contributed by atoms with van der Waals surface area (Å²) < 4.78 is 15.5. The van der Waals surface area contributed by atoms with Gasteiger partial charge < -0.3 is 16.0 Å². The first-order valence-electron chi connectivity index (χ1n) is 10.3. The average molecular weight is 432 g/mol. The lowest BCUT2D eigenvalue weighted by Gasteiger charge is -2.29. The van der Waals surface area contributed by atoms with E-state index in [2.05, 4.69) is 10.4 Å². The number of primary amides is 1. The van der Waals surface area contributed by atoms with Crippen molar-refractivity contribution in [2.75, 3.05) is 6.54 Å². The fraction of sp³-hybridized carbons (Fsp3) is 0.476. The molecule has 2 heterocycles. The second-order valence-corrected chi connectivity index (χ2v) is 9.07. The first-order valence-corrected chi connectivity index (χ1v) is 10.6. The molecule has 1 aromatic carbocycles. The molecule has 9 heteroatoms. The first kappa shape index (κ1) is 19.4. The van der Waals surface area contributed by atoms with E-state index >= 15 is 0 Å². The van der Waals surface area contributed by atoms with E-state index < -0.39 is 11.8 Å². The number of fused-ring (bicyclic) bond motifs is 3. The molecule has 158 valence electrons. The van der Waals surface area contributed by atoms with Crippen molar-refractivity contribution in [3.63, 3.8) is 0 Å². The van der Waals surface area contributed by atoms with Gasteiger partial charge in [0.05, 0.1) is 29.4 Å². The molecule has 3 amide bonds. The van der Waals surface area contributed by atoms with Gasteiger partial charge in [0.15, 0.2) is 0 Å². The zero-order chi connectivity index (χ0) is 21.0. The molecule has 1 aliphatic heterocycles. The van der Waals surface area contributed by atoms with Gasteiger partial charge in [-0.25, -0.2) is 9.18 Å². The second kappa shape index (κ2) is 6.97. The van der Waals surface area contributed by atoms with Crippen molar-refractivity contribution in [2.24, 2.45) is 11.7 Å². The van der Waals surface area contributed by atoms with Crippen LogP contribution in [-0.4, -0.2) is 38.7 Å². The molecule has 0 unspecified atom stereocenters. The molecule has 5 rings (SSSR count). The third-order valence-corrected chi connectivity index (χ3v) is 7.12. The highest BCUT2D eigenvalue weighted by Gasteiger charge is 2.46. The van der Waals surface area contributed by atoms with Crippen molar-refractivity contribution < 1.29 is 14.0 Å². The summed E-state index contributed by atoms with van der Waals surface area (Å²) in [5.41, 5.74) is 7.38. The smallest absolute Gasteiger partial charge is 0.315 e. The van der Waals surface area contributed by atoms with E-state index in [1.807, 2.05) is 0 Å². The Balaban J connectivity index is 1.57. The fourth-order valence-corrected chi connectivity index (χ4v) is 5.44. The van der Waals surface area contributed by atoms with Gasteiger partial charge in [-0.15, -0.1) is 0 Å². The molecular weight excluding hydrogens is 409 g/mol. The molecule has 3 aliphatic rings. The van der Waals surface area contributed by atoms with Gasteiger partial charge in [0, 0.05) is 17.6 Å². The normalized spacial score (nSPS) is 24.7. The highest BCUT2D eigenvalue weighted by atomic mass is 35.5. The number of rotatable bonds is 3. The predicted octanol–water partition coefficient (Wildman–Crippen LogP) is 3.30. The van der Waals surface area contributed by atoms with E-state index in [-0.39, 0.29) is 23.0 Å². The van der Waals surface area contributed by atoms with E-state index in [0.29, 0.717) is 41.5 Å². The molecule has 0 atom stereocenters. The lowest BCUT2D eigenvalue weighted by Crippen LogP contribution is -2.46. The van der Waals surface area contributed by atoms with E-state index in [4.69, 9.17) is 17.3 Å². The Bertz CT molecular complexity index is 1040. The first-order chi connectivity index (χ1) is 14.3. The summed E-state index contributed by atoms with van der Waals surface area (Å²) in [7, 11) is 0. The van der Waals surface area contributed by atoms with Crippen molar-refractivity contribution in [3.8, 4) is 11.3 Å². The number of hydrogen-bond acceptors (Lipinski definition) is 3. The molecule has 3 N–H and O–H groups in total. The van der Waals surface area contributed by atoms with Crippen molar-refractivity contribution in [1.29, 1.82) is 0 Å². The Hall–Kier alpha value is -2.61. The highest BCUT2D eigenvalue weighted by molar-refractivity contribution is 6.31. The van der Waals surface area contributed by atoms with E-state index in [1.54, 1.807) is 10.7 Å². The van der Waals surface area contributed by atoms with Gasteiger partial charge >= 0.3 is 6.03 Å². The summed E-state index contributed by atoms with van der Waals surface area (Å²) in [6.07, 6.45) is 5.26. The topological polar surface area (TPSA) is 93.2 Å². The Morgan fingerprint density at radius 1 is 1.27 bits per heavy atom. The third kappa shape index (κ3) is 3.14. The van der Waals surface area contributed by atoms with Gasteiger partial charge in [0.25, 0.3) is 5.91 Å². The average Bonchev–Trinajstić information content (AvgIpc) is 3.41. The van der Waals surface area contributed by atoms with E-state index in [1.165, 1.54) is 17.0 Å². The van der Waals surface area contributed by atoms with Crippen LogP contribution in [0.2, 0.25) is 5.02 Å². The van der Waals surface area contributed by atoms with Gasteiger partial charge in [-0.1, -0.05) is 11.6 Å². The van der Waals surface area contributed by atoms with Crippen LogP contribution in [0.15, 0.2) is 18.2 Å². The van der Waals surface area contributed by atoms with Crippen molar-refractivity contribution >= 4 is 23.5 Å². The van der Waals surface area contributed by atoms with Gasteiger partial charge in [-0.3, -0.25) is 9.48 Å². The quantitative estimate of drug-likeness (QED) is 0.780. The molecule has 2 saturated carbocycles. The predicted molar refractivity (Wildman–Crippen MR) is 109 cm³/mol. The minimum Gasteiger partial charge on any atom is -0.351 e. The molecule has 2 aliphatic carbocycles. The lowest BCUT2D eigenvalue weighted by atomic mass is 9.93. The van der Waals surface area contributed by atoms with Crippen molar-refractivity contribution in [1.82, 2.24) is 20.0 Å². The fourth-order valence-electron chi connectivity index (χ4n) is 5.26. The van der Waals surface area contributed by atoms with Gasteiger partial charge in [0.1, 0.15) is 11.5 Å². The number of carbonyl (C=O) groups excluding carboxylic acids is 2. The number of carbonyl (C=O) groups is 2. The van der Waals surface area contributed by atoms with Crippen LogP contribution < -0.4 is 11.1 Å². The van der Waals surface area contributed by atoms with E-state index in [9.17, 15) is 14.0 Å². The van der Waals surface area contributed by atoms with Crippen LogP contribution in [-0.2, 0) is 13.1 Å². The number of nitrogens with two attached hydrogens (primary N) is 1. The summed E-state index contributed by atoms with van der Waals surface area (Å²) in [6.45, 7) is 1.05. The van der Waals surface area contributed by atoms with Crippen LogP contribution >= 0.6 is 11.6 Å². The molecule has 2 bridgehead atoms. The maximum absolute atomic E-state index is 13.7. The van der Waals surface area contributed by atoms with Crippen LogP contribution in [0.5, 0.6) is 0 Å². The standard InChI is InChI=1S/C21H23ClFN5O2/c22-14-9-13(1-2-15(14)23)18-17(16-11-27(20(24)30)7-8-28(16)26-18)19(29)25-21-5-3-12(10-21)4-6-21/h1-2,9,12H,3-8,10-11H2,(H2,24,30)(H,25,29). The largest absolute Gasteiger partial charge is 0.351 e. The highest BCUT2D eigenvalue weighted by Crippen LogP contribution is 2.48. The number of hydrogen-bond donors (Lipinski definition) is 2. The van der Waals surface area contributed by atoms with Crippen LogP contribution in [0.25, 0.3) is 11.3 Å². The zero-order valence-corrected chi connectivity index (χ0v) is 17.2. The van der Waals surface area contributed by atoms with Crippen LogP contribution in [0, 0.1) is 11.7 Å². The minimum absolute atomic E-state index is 0.0309. The maximum Gasteiger partial charge on any atom is 0.315 e. The van der Waals surface area contributed by atoms with Crippen molar-refractivity contribution in [2.45, 2.75) is 50.7 Å². The molecule has 2 fully saturated rings. The number of urea groups is 1. The third-order valence-electron chi connectivity index (χ3n) is 6.83.